The number of rotatable bonds is 4. The van der Waals surface area contributed by atoms with Gasteiger partial charge in [0, 0.05) is 29.7 Å². The predicted octanol–water partition coefficient (Wildman–Crippen LogP) is 3.82. The zero-order chi connectivity index (χ0) is 14.0. The molecule has 1 aliphatic rings. The minimum Gasteiger partial charge on any atom is -0.492 e. The maximum absolute atomic E-state index is 6.32. The van der Waals surface area contributed by atoms with Gasteiger partial charge in [-0.25, -0.2) is 0 Å². The number of hydrogen-bond acceptors (Lipinski definition) is 3. The summed E-state index contributed by atoms with van der Waals surface area (Å²) in [5.74, 6) is 0.868. The molecule has 19 heavy (non-hydrogen) atoms. The summed E-state index contributed by atoms with van der Waals surface area (Å²) >= 11 is 12.5. The van der Waals surface area contributed by atoms with Crippen molar-refractivity contribution in [2.24, 2.45) is 11.7 Å². The van der Waals surface area contributed by atoms with Crippen molar-refractivity contribution in [1.82, 2.24) is 0 Å². The molecule has 2 N–H and O–H groups in total. The van der Waals surface area contributed by atoms with Crippen LogP contribution in [0.4, 0.5) is 0 Å². The Morgan fingerprint density at radius 3 is 2.74 bits per heavy atom. The normalized spacial score (nSPS) is 24.5. The topological polar surface area (TPSA) is 44.5 Å². The van der Waals surface area contributed by atoms with Gasteiger partial charge in [0.1, 0.15) is 5.75 Å². The van der Waals surface area contributed by atoms with Crippen LogP contribution in [0.3, 0.4) is 0 Å². The molecule has 3 nitrogen and oxygen atoms in total. The lowest BCUT2D eigenvalue weighted by atomic mass is 9.89. The highest BCUT2D eigenvalue weighted by atomic mass is 35.5. The van der Waals surface area contributed by atoms with Gasteiger partial charge >= 0.3 is 0 Å². The molecule has 0 aromatic heterocycles. The minimum absolute atomic E-state index is 0.149. The molecular formula is C14H19Cl2NO2. The molecule has 2 rings (SSSR count). The zero-order valence-corrected chi connectivity index (χ0v) is 12.7. The van der Waals surface area contributed by atoms with Crippen LogP contribution < -0.4 is 10.5 Å². The molecule has 0 amide bonds. The van der Waals surface area contributed by atoms with Crippen LogP contribution in [0.15, 0.2) is 12.1 Å². The zero-order valence-electron chi connectivity index (χ0n) is 11.2. The van der Waals surface area contributed by atoms with Crippen LogP contribution in [0, 0.1) is 5.92 Å². The Morgan fingerprint density at radius 2 is 2.16 bits per heavy atom. The van der Waals surface area contributed by atoms with Gasteiger partial charge in [-0.15, -0.1) is 0 Å². The number of nitrogens with two attached hydrogens (primary N) is 1. The Hall–Kier alpha value is -0.480. The first-order chi connectivity index (χ1) is 9.04. The monoisotopic (exact) mass is 303 g/mol. The van der Waals surface area contributed by atoms with E-state index >= 15 is 0 Å². The highest BCUT2D eigenvalue weighted by Gasteiger charge is 2.32. The molecule has 1 aromatic carbocycles. The van der Waals surface area contributed by atoms with Crippen LogP contribution in [0.5, 0.6) is 5.75 Å². The van der Waals surface area contributed by atoms with Gasteiger partial charge in [0.15, 0.2) is 0 Å². The molecule has 3 unspecified atom stereocenters. The quantitative estimate of drug-likeness (QED) is 0.919. The molecule has 1 heterocycles. The van der Waals surface area contributed by atoms with E-state index in [0.717, 1.165) is 18.6 Å². The van der Waals surface area contributed by atoms with Gasteiger partial charge in [-0.1, -0.05) is 23.2 Å². The summed E-state index contributed by atoms with van der Waals surface area (Å²) in [6.45, 7) is 5.25. The van der Waals surface area contributed by atoms with Gasteiger partial charge in [0.2, 0.25) is 0 Å². The van der Waals surface area contributed by atoms with Gasteiger partial charge < -0.3 is 15.2 Å². The third kappa shape index (κ3) is 3.16. The average Bonchev–Trinajstić information content (AvgIpc) is 2.79. The summed E-state index contributed by atoms with van der Waals surface area (Å²) in [5.41, 5.74) is 7.18. The van der Waals surface area contributed by atoms with Crippen molar-refractivity contribution in [2.75, 3.05) is 13.2 Å². The number of hydrogen-bond donors (Lipinski definition) is 1. The second-order valence-electron chi connectivity index (χ2n) is 4.79. The molecule has 0 bridgehead atoms. The van der Waals surface area contributed by atoms with E-state index in [9.17, 15) is 0 Å². The molecule has 1 aromatic rings. The predicted molar refractivity (Wildman–Crippen MR) is 78.1 cm³/mol. The molecule has 1 aliphatic heterocycles. The SMILES string of the molecule is CCOc1cc(Cl)c(C(N)C2CCOC2C)cc1Cl. The Labute approximate surface area is 124 Å². The van der Waals surface area contributed by atoms with Crippen molar-refractivity contribution in [3.63, 3.8) is 0 Å². The fraction of sp³-hybridized carbons (Fsp3) is 0.571. The molecule has 1 fully saturated rings. The van der Waals surface area contributed by atoms with Crippen molar-refractivity contribution >= 4 is 23.2 Å². The van der Waals surface area contributed by atoms with E-state index in [0.29, 0.717) is 22.4 Å². The Bertz CT molecular complexity index is 453. The van der Waals surface area contributed by atoms with E-state index in [1.165, 1.54) is 0 Å². The van der Waals surface area contributed by atoms with Gasteiger partial charge in [-0.2, -0.15) is 0 Å². The molecule has 1 saturated heterocycles. The first-order valence-corrected chi connectivity index (χ1v) is 7.29. The van der Waals surface area contributed by atoms with Gasteiger partial charge in [0.05, 0.1) is 17.7 Å². The molecule has 5 heteroatoms. The fourth-order valence-electron chi connectivity index (χ4n) is 2.52. The van der Waals surface area contributed by atoms with Crippen LogP contribution in [0.25, 0.3) is 0 Å². The molecule has 0 radical (unpaired) electrons. The highest BCUT2D eigenvalue weighted by Crippen LogP contribution is 2.39. The third-order valence-corrected chi connectivity index (χ3v) is 4.23. The highest BCUT2D eigenvalue weighted by molar-refractivity contribution is 6.34. The van der Waals surface area contributed by atoms with Crippen molar-refractivity contribution in [2.45, 2.75) is 32.4 Å². The second-order valence-corrected chi connectivity index (χ2v) is 5.61. The van der Waals surface area contributed by atoms with Crippen molar-refractivity contribution in [3.8, 4) is 5.75 Å². The number of halogens is 2. The minimum atomic E-state index is -0.168. The van der Waals surface area contributed by atoms with Gasteiger partial charge in [0.25, 0.3) is 0 Å². The van der Waals surface area contributed by atoms with E-state index in [1.807, 2.05) is 19.9 Å². The molecule has 0 spiro atoms. The lowest BCUT2D eigenvalue weighted by Crippen LogP contribution is -2.26. The summed E-state index contributed by atoms with van der Waals surface area (Å²) in [6, 6.07) is 3.38. The van der Waals surface area contributed by atoms with Crippen molar-refractivity contribution in [1.29, 1.82) is 0 Å². The Morgan fingerprint density at radius 1 is 1.42 bits per heavy atom. The van der Waals surface area contributed by atoms with E-state index < -0.39 is 0 Å². The average molecular weight is 304 g/mol. The maximum atomic E-state index is 6.32. The summed E-state index contributed by atoms with van der Waals surface area (Å²) in [5, 5.41) is 1.14. The van der Waals surface area contributed by atoms with E-state index in [1.54, 1.807) is 6.07 Å². The first-order valence-electron chi connectivity index (χ1n) is 6.53. The molecule has 3 atom stereocenters. The van der Waals surface area contributed by atoms with Crippen molar-refractivity contribution in [3.05, 3.63) is 27.7 Å². The Balaban J connectivity index is 2.26. The molecule has 0 saturated carbocycles. The van der Waals surface area contributed by atoms with Gasteiger partial charge in [-0.3, -0.25) is 0 Å². The van der Waals surface area contributed by atoms with E-state index in [4.69, 9.17) is 38.4 Å². The second kappa shape index (κ2) is 6.31. The summed E-state index contributed by atoms with van der Waals surface area (Å²) < 4.78 is 11.0. The number of ether oxygens (including phenoxy) is 2. The van der Waals surface area contributed by atoms with E-state index in [-0.39, 0.29) is 18.1 Å². The summed E-state index contributed by atoms with van der Waals surface area (Å²) in [4.78, 5) is 0. The van der Waals surface area contributed by atoms with Crippen LogP contribution >= 0.6 is 23.2 Å². The molecule has 0 aliphatic carbocycles. The maximum Gasteiger partial charge on any atom is 0.139 e. The van der Waals surface area contributed by atoms with Gasteiger partial charge in [-0.05, 0) is 31.9 Å². The third-order valence-electron chi connectivity index (χ3n) is 3.61. The smallest absolute Gasteiger partial charge is 0.139 e. The van der Waals surface area contributed by atoms with Crippen LogP contribution in [-0.2, 0) is 4.74 Å². The molecule has 106 valence electrons. The van der Waals surface area contributed by atoms with Crippen LogP contribution in [-0.4, -0.2) is 19.3 Å². The summed E-state index contributed by atoms with van der Waals surface area (Å²) in [6.07, 6.45) is 1.10. The Kier molecular flexibility index (Phi) is 4.96. The van der Waals surface area contributed by atoms with E-state index in [2.05, 4.69) is 0 Å². The fourth-order valence-corrected chi connectivity index (χ4v) is 3.02. The largest absolute Gasteiger partial charge is 0.492 e. The molecular weight excluding hydrogens is 285 g/mol. The van der Waals surface area contributed by atoms with Crippen LogP contribution in [0.1, 0.15) is 31.9 Å². The lowest BCUT2D eigenvalue weighted by molar-refractivity contribution is 0.0995. The van der Waals surface area contributed by atoms with Crippen molar-refractivity contribution < 1.29 is 9.47 Å². The number of benzene rings is 1. The standard InChI is InChI=1S/C14H19Cl2NO2/c1-3-18-13-7-11(15)10(6-12(13)16)14(17)9-4-5-19-8(9)2/h6-9,14H,3-5,17H2,1-2H3. The van der Waals surface area contributed by atoms with Crippen LogP contribution in [0.2, 0.25) is 10.0 Å². The first kappa shape index (κ1) is 14.9. The lowest BCUT2D eigenvalue weighted by Gasteiger charge is -2.24. The summed E-state index contributed by atoms with van der Waals surface area (Å²) in [7, 11) is 0.